The first-order valence-corrected chi connectivity index (χ1v) is 9.64. The predicted molar refractivity (Wildman–Crippen MR) is 122 cm³/mol. The van der Waals surface area contributed by atoms with Crippen molar-refractivity contribution in [3.63, 3.8) is 0 Å². The summed E-state index contributed by atoms with van der Waals surface area (Å²) in [6.45, 7) is 11.3. The first-order valence-electron chi connectivity index (χ1n) is 9.64. The van der Waals surface area contributed by atoms with Gasteiger partial charge in [-0.1, -0.05) is 48.6 Å². The Hall–Kier alpha value is -3.79. The second-order valence-electron chi connectivity index (χ2n) is 6.95. The number of anilines is 3. The lowest BCUT2D eigenvalue weighted by Crippen LogP contribution is -2.10. The average molecular weight is 399 g/mol. The molecule has 0 aliphatic heterocycles. The van der Waals surface area contributed by atoms with Crippen LogP contribution in [0.3, 0.4) is 0 Å². The van der Waals surface area contributed by atoms with Crippen LogP contribution in [0.1, 0.15) is 11.1 Å². The highest BCUT2D eigenvalue weighted by atomic mass is 16.6. The molecule has 0 saturated carbocycles. The van der Waals surface area contributed by atoms with Gasteiger partial charge < -0.3 is 14.4 Å². The van der Waals surface area contributed by atoms with Gasteiger partial charge in [-0.25, -0.2) is 4.79 Å². The Labute approximate surface area is 177 Å². The van der Waals surface area contributed by atoms with Crippen molar-refractivity contribution < 1.29 is 14.3 Å². The number of benzene rings is 3. The number of hydrogen-bond donors (Lipinski definition) is 0. The Morgan fingerprint density at radius 3 is 1.70 bits per heavy atom. The zero-order valence-electron chi connectivity index (χ0n) is 17.3. The lowest BCUT2D eigenvalue weighted by atomic mass is 10.1. The van der Waals surface area contributed by atoms with E-state index < -0.39 is 5.97 Å². The molecule has 0 amide bonds. The third kappa shape index (κ3) is 5.39. The van der Waals surface area contributed by atoms with Crippen LogP contribution in [0.4, 0.5) is 17.1 Å². The van der Waals surface area contributed by atoms with Gasteiger partial charge in [0.25, 0.3) is 0 Å². The molecule has 0 bridgehead atoms. The number of esters is 1. The van der Waals surface area contributed by atoms with Gasteiger partial charge in [0.15, 0.2) is 0 Å². The van der Waals surface area contributed by atoms with Gasteiger partial charge in [0.1, 0.15) is 18.1 Å². The fourth-order valence-electron chi connectivity index (χ4n) is 2.90. The minimum atomic E-state index is -0.550. The van der Waals surface area contributed by atoms with E-state index in [9.17, 15) is 4.79 Å². The van der Waals surface area contributed by atoms with E-state index in [-0.39, 0.29) is 12.4 Å². The topological polar surface area (TPSA) is 38.8 Å². The standard InChI is InChI=1S/C26H25NO3/c1-5-26(28)30-21(4)18-29-25-16-14-24(15-17-25)27(22-10-6-19(2)7-11-22)23-12-8-20(3)9-13-23/h5-17H,1,4,18H2,2-3H3. The monoisotopic (exact) mass is 399 g/mol. The molecule has 0 aliphatic rings. The van der Waals surface area contributed by atoms with E-state index in [4.69, 9.17) is 9.47 Å². The number of nitrogens with zero attached hydrogens (tertiary/aromatic N) is 1. The molecule has 4 nitrogen and oxygen atoms in total. The van der Waals surface area contributed by atoms with Gasteiger partial charge in [-0.2, -0.15) is 0 Å². The molecular formula is C26H25NO3. The van der Waals surface area contributed by atoms with Crippen molar-refractivity contribution in [2.45, 2.75) is 13.8 Å². The highest BCUT2D eigenvalue weighted by Gasteiger charge is 2.12. The second-order valence-corrected chi connectivity index (χ2v) is 6.95. The molecule has 0 saturated heterocycles. The Bertz CT molecular complexity index is 974. The van der Waals surface area contributed by atoms with Gasteiger partial charge in [-0.3, -0.25) is 0 Å². The highest BCUT2D eigenvalue weighted by molar-refractivity contribution is 5.82. The summed E-state index contributed by atoms with van der Waals surface area (Å²) >= 11 is 0. The summed E-state index contributed by atoms with van der Waals surface area (Å²) in [6.07, 6.45) is 1.09. The minimum Gasteiger partial charge on any atom is -0.486 e. The minimum absolute atomic E-state index is 0.0819. The Kier molecular flexibility index (Phi) is 6.71. The van der Waals surface area contributed by atoms with E-state index >= 15 is 0 Å². The summed E-state index contributed by atoms with van der Waals surface area (Å²) in [5, 5.41) is 0. The maximum atomic E-state index is 11.2. The summed E-state index contributed by atoms with van der Waals surface area (Å²) in [4.78, 5) is 13.4. The van der Waals surface area contributed by atoms with E-state index in [1.54, 1.807) is 0 Å². The third-order valence-electron chi connectivity index (χ3n) is 4.49. The molecule has 152 valence electrons. The summed E-state index contributed by atoms with van der Waals surface area (Å²) < 4.78 is 10.6. The normalized spacial score (nSPS) is 10.2. The van der Waals surface area contributed by atoms with Crippen LogP contribution in [0, 0.1) is 13.8 Å². The molecule has 0 aliphatic carbocycles. The Morgan fingerprint density at radius 1 is 0.833 bits per heavy atom. The van der Waals surface area contributed by atoms with Crippen molar-refractivity contribution in [1.29, 1.82) is 0 Å². The largest absolute Gasteiger partial charge is 0.486 e. The van der Waals surface area contributed by atoms with E-state index in [1.807, 2.05) is 24.3 Å². The van der Waals surface area contributed by atoms with Crippen LogP contribution < -0.4 is 9.64 Å². The van der Waals surface area contributed by atoms with E-state index in [1.165, 1.54) is 11.1 Å². The van der Waals surface area contributed by atoms with Crippen molar-refractivity contribution in [1.82, 2.24) is 0 Å². The quantitative estimate of drug-likeness (QED) is 0.250. The smallest absolute Gasteiger partial charge is 0.335 e. The molecule has 0 spiro atoms. The van der Waals surface area contributed by atoms with Gasteiger partial charge in [0.05, 0.1) is 0 Å². The van der Waals surface area contributed by atoms with Crippen LogP contribution in [0.15, 0.2) is 97.8 Å². The van der Waals surface area contributed by atoms with Crippen LogP contribution >= 0.6 is 0 Å². The predicted octanol–water partition coefficient (Wildman–Crippen LogP) is 6.39. The maximum absolute atomic E-state index is 11.2. The Balaban J connectivity index is 1.81. The molecule has 3 aromatic rings. The molecule has 0 fully saturated rings. The van der Waals surface area contributed by atoms with Crippen LogP contribution in [0.25, 0.3) is 0 Å². The first-order chi connectivity index (χ1) is 14.5. The fourth-order valence-corrected chi connectivity index (χ4v) is 2.90. The second kappa shape index (κ2) is 9.61. The number of rotatable bonds is 8. The number of hydrogen-bond acceptors (Lipinski definition) is 4. The zero-order chi connectivity index (χ0) is 21.5. The van der Waals surface area contributed by atoms with Crippen LogP contribution in [0.5, 0.6) is 5.75 Å². The van der Waals surface area contributed by atoms with Gasteiger partial charge in [-0.05, 0) is 62.4 Å². The Morgan fingerprint density at radius 2 is 1.27 bits per heavy atom. The van der Waals surface area contributed by atoms with Crippen molar-refractivity contribution in [2.24, 2.45) is 0 Å². The van der Waals surface area contributed by atoms with Gasteiger partial charge in [0.2, 0.25) is 0 Å². The molecule has 0 aromatic heterocycles. The number of carbonyl (C=O) groups is 1. The lowest BCUT2D eigenvalue weighted by Gasteiger charge is -2.26. The van der Waals surface area contributed by atoms with Crippen molar-refractivity contribution in [3.8, 4) is 5.75 Å². The molecule has 0 heterocycles. The van der Waals surface area contributed by atoms with Gasteiger partial charge in [0, 0.05) is 23.1 Å². The number of carbonyl (C=O) groups excluding carboxylic acids is 1. The molecule has 3 rings (SSSR count). The molecule has 4 heteroatoms. The highest BCUT2D eigenvalue weighted by Crippen LogP contribution is 2.35. The first kappa shape index (κ1) is 20.9. The van der Waals surface area contributed by atoms with Crippen molar-refractivity contribution in [3.05, 3.63) is 109 Å². The SMILES string of the molecule is C=CC(=O)OC(=C)COc1ccc(N(c2ccc(C)cc2)c2ccc(C)cc2)cc1. The molecular weight excluding hydrogens is 374 g/mol. The average Bonchev–Trinajstić information content (AvgIpc) is 2.76. The molecule has 30 heavy (non-hydrogen) atoms. The summed E-state index contributed by atoms with van der Waals surface area (Å²) in [5.74, 6) is 0.331. The van der Waals surface area contributed by atoms with Crippen LogP contribution in [0.2, 0.25) is 0 Å². The van der Waals surface area contributed by atoms with E-state index in [0.717, 1.165) is 23.1 Å². The zero-order valence-corrected chi connectivity index (χ0v) is 17.3. The van der Waals surface area contributed by atoms with E-state index in [2.05, 4.69) is 80.4 Å². The lowest BCUT2D eigenvalue weighted by molar-refractivity contribution is -0.134. The van der Waals surface area contributed by atoms with E-state index in [0.29, 0.717) is 5.75 Å². The molecule has 0 radical (unpaired) electrons. The molecule has 3 aromatic carbocycles. The van der Waals surface area contributed by atoms with Crippen molar-refractivity contribution >= 4 is 23.0 Å². The van der Waals surface area contributed by atoms with Gasteiger partial charge in [-0.15, -0.1) is 0 Å². The summed E-state index contributed by atoms with van der Waals surface area (Å²) in [5.41, 5.74) is 5.57. The van der Waals surface area contributed by atoms with Gasteiger partial charge >= 0.3 is 5.97 Å². The maximum Gasteiger partial charge on any atom is 0.335 e. The number of ether oxygens (including phenoxy) is 2. The summed E-state index contributed by atoms with van der Waals surface area (Å²) in [6, 6.07) is 24.6. The third-order valence-corrected chi connectivity index (χ3v) is 4.49. The fraction of sp³-hybridized carbons (Fsp3) is 0.115. The van der Waals surface area contributed by atoms with Crippen molar-refractivity contribution in [2.75, 3.05) is 11.5 Å². The summed E-state index contributed by atoms with van der Waals surface area (Å²) in [7, 11) is 0. The number of aryl methyl sites for hydroxylation is 2. The van der Waals surface area contributed by atoms with Crippen LogP contribution in [-0.2, 0) is 9.53 Å². The van der Waals surface area contributed by atoms with Crippen LogP contribution in [-0.4, -0.2) is 12.6 Å². The molecule has 0 unspecified atom stereocenters. The molecule has 0 atom stereocenters. The molecule has 0 N–H and O–H groups in total.